The van der Waals surface area contributed by atoms with Crippen molar-refractivity contribution >= 4 is 34.4 Å². The Morgan fingerprint density at radius 1 is 1.22 bits per heavy atom. The minimum Gasteiger partial charge on any atom is -0.482 e. The van der Waals surface area contributed by atoms with Crippen LogP contribution < -0.4 is 10.1 Å². The molecular weight excluding hydrogens is 583 g/mol. The normalized spacial score (nSPS) is 28.8. The molecule has 1 aromatic carbocycles. The van der Waals surface area contributed by atoms with Crippen molar-refractivity contribution in [2.24, 2.45) is 23.7 Å². The number of nitrogens with zero attached hydrogens (tertiary/aromatic N) is 1. The molecular formula is C29H41IN2O5. The summed E-state index contributed by atoms with van der Waals surface area (Å²) in [4.78, 5) is 28.6. The summed E-state index contributed by atoms with van der Waals surface area (Å²) in [5.41, 5.74) is 0.474. The van der Waals surface area contributed by atoms with E-state index in [0.29, 0.717) is 42.0 Å². The topological polar surface area (TPSA) is 99.1 Å². The lowest BCUT2D eigenvalue weighted by molar-refractivity contribution is -0.140. The van der Waals surface area contributed by atoms with Gasteiger partial charge in [-0.2, -0.15) is 0 Å². The van der Waals surface area contributed by atoms with Crippen molar-refractivity contribution in [3.05, 3.63) is 39.5 Å². The Labute approximate surface area is 234 Å². The third-order valence-corrected chi connectivity index (χ3v) is 9.19. The van der Waals surface area contributed by atoms with E-state index in [1.807, 2.05) is 29.2 Å². The average molecular weight is 625 g/mol. The molecule has 6 atom stereocenters. The van der Waals surface area contributed by atoms with Crippen molar-refractivity contribution in [1.82, 2.24) is 10.2 Å². The molecule has 0 aliphatic heterocycles. The number of hydrogen-bond acceptors (Lipinski definition) is 5. The van der Waals surface area contributed by atoms with E-state index in [1.165, 1.54) is 19.3 Å². The Balaban J connectivity index is 1.59. The summed E-state index contributed by atoms with van der Waals surface area (Å²) in [6, 6.07) is 7.00. The van der Waals surface area contributed by atoms with Gasteiger partial charge in [-0.25, -0.2) is 0 Å². The minimum absolute atomic E-state index is 0.0762. The fourth-order valence-electron chi connectivity index (χ4n) is 6.31. The molecule has 2 saturated carbocycles. The Hall–Kier alpha value is -1.65. The van der Waals surface area contributed by atoms with Crippen LogP contribution in [-0.2, 0) is 9.59 Å². The van der Waals surface area contributed by atoms with Gasteiger partial charge in [-0.05, 0) is 90.2 Å². The molecule has 8 heteroatoms. The number of para-hydroxylation sites is 1. The number of hydrogen-bond donors (Lipinski definition) is 3. The number of carbonyl (C=O) groups is 2. The molecule has 2 fully saturated rings. The molecule has 37 heavy (non-hydrogen) atoms. The zero-order valence-corrected chi connectivity index (χ0v) is 24.1. The number of ether oxygens (including phenoxy) is 1. The number of aliphatic hydroxyl groups excluding tert-OH is 2. The molecule has 0 heterocycles. The quantitative estimate of drug-likeness (QED) is 0.325. The molecule has 6 unspecified atom stereocenters. The summed E-state index contributed by atoms with van der Waals surface area (Å²) in [5.74, 6) is 2.64. The third-order valence-electron chi connectivity index (χ3n) is 8.30. The molecule has 1 aromatic rings. The highest BCUT2D eigenvalue weighted by molar-refractivity contribution is 14.1. The van der Waals surface area contributed by atoms with E-state index < -0.39 is 18.2 Å². The van der Waals surface area contributed by atoms with Crippen LogP contribution in [0, 0.1) is 27.2 Å². The van der Waals surface area contributed by atoms with Gasteiger partial charge in [0.2, 0.25) is 11.8 Å². The number of amides is 2. The highest BCUT2D eigenvalue weighted by atomic mass is 127. The second kappa shape index (κ2) is 12.9. The number of rotatable bonds is 11. The zero-order valence-electron chi connectivity index (χ0n) is 21.9. The maximum atomic E-state index is 13.8. The lowest BCUT2D eigenvalue weighted by Crippen LogP contribution is -2.55. The number of fused-ring (bicyclic) bond motifs is 2. The number of benzene rings is 1. The van der Waals surface area contributed by atoms with Crippen LogP contribution in [-0.4, -0.2) is 64.9 Å². The Morgan fingerprint density at radius 3 is 2.65 bits per heavy atom. The summed E-state index contributed by atoms with van der Waals surface area (Å²) in [6.45, 7) is 4.79. The largest absolute Gasteiger partial charge is 0.482 e. The highest BCUT2D eigenvalue weighted by Gasteiger charge is 2.44. The average Bonchev–Trinajstić information content (AvgIpc) is 3.49. The third kappa shape index (κ3) is 7.06. The van der Waals surface area contributed by atoms with Gasteiger partial charge in [-0.3, -0.25) is 9.59 Å². The minimum atomic E-state index is -0.971. The van der Waals surface area contributed by atoms with Gasteiger partial charge in [-0.15, -0.1) is 0 Å². The Kier molecular flexibility index (Phi) is 9.91. The van der Waals surface area contributed by atoms with E-state index in [2.05, 4.69) is 41.8 Å². The Morgan fingerprint density at radius 2 is 2.00 bits per heavy atom. The number of carbonyl (C=O) groups excluding carboxylic acids is 2. The van der Waals surface area contributed by atoms with E-state index in [4.69, 9.17) is 4.74 Å². The summed E-state index contributed by atoms with van der Waals surface area (Å²) in [5, 5.41) is 23.5. The molecule has 0 aromatic heterocycles. The van der Waals surface area contributed by atoms with Crippen LogP contribution in [0.25, 0.3) is 0 Å². The van der Waals surface area contributed by atoms with Gasteiger partial charge in [0.15, 0.2) is 0 Å². The predicted octanol–water partition coefficient (Wildman–Crippen LogP) is 3.91. The monoisotopic (exact) mass is 624 g/mol. The van der Waals surface area contributed by atoms with Crippen LogP contribution in [0.5, 0.6) is 5.75 Å². The first-order valence-electron chi connectivity index (χ1n) is 13.7. The summed E-state index contributed by atoms with van der Waals surface area (Å²) in [7, 11) is 0. The van der Waals surface area contributed by atoms with E-state index in [0.717, 1.165) is 22.3 Å². The van der Waals surface area contributed by atoms with Gasteiger partial charge in [0.1, 0.15) is 18.0 Å². The molecule has 0 saturated heterocycles. The lowest BCUT2D eigenvalue weighted by atomic mass is 9.84. The highest BCUT2D eigenvalue weighted by Crippen LogP contribution is 2.49. The molecule has 3 aliphatic rings. The molecule has 0 radical (unpaired) electrons. The van der Waals surface area contributed by atoms with Crippen LogP contribution in [0.4, 0.5) is 0 Å². The van der Waals surface area contributed by atoms with Crippen molar-refractivity contribution in [1.29, 1.82) is 0 Å². The second-order valence-corrected chi connectivity index (χ2v) is 12.5. The van der Waals surface area contributed by atoms with Crippen LogP contribution in [0.1, 0.15) is 58.8 Å². The standard InChI is InChI=1S/C29H41IN2O5/c1-18(2)9-11-32(27(34)17-21-14-19-7-8-20(21)13-19)24-15-22(29(36)31-10-12-33)16-26(28(24)35)37-25-6-4-3-5-23(25)30/h3-6,16,18-21,24,26,28,33,35H,7-15,17H2,1-2H3,(H,31,36). The molecule has 7 nitrogen and oxygen atoms in total. The SMILES string of the molecule is CC(C)CCN(C(=O)CC1CC2CCC1C2)C1CC(C(=O)NCCO)=CC(Oc2ccccc2I)C1O. The first-order valence-corrected chi connectivity index (χ1v) is 14.8. The molecule has 204 valence electrons. The van der Waals surface area contributed by atoms with E-state index >= 15 is 0 Å². The summed E-state index contributed by atoms with van der Waals surface area (Å²) >= 11 is 2.19. The van der Waals surface area contributed by atoms with E-state index in [9.17, 15) is 19.8 Å². The fourth-order valence-corrected chi connectivity index (χ4v) is 6.82. The first kappa shape index (κ1) is 28.4. The van der Waals surface area contributed by atoms with Gasteiger partial charge < -0.3 is 25.2 Å². The molecule has 2 bridgehead atoms. The molecule has 0 spiro atoms. The van der Waals surface area contributed by atoms with Crippen LogP contribution >= 0.6 is 22.6 Å². The van der Waals surface area contributed by atoms with Crippen molar-refractivity contribution in [3.63, 3.8) is 0 Å². The second-order valence-electron chi connectivity index (χ2n) is 11.4. The lowest BCUT2D eigenvalue weighted by Gasteiger charge is -2.41. The van der Waals surface area contributed by atoms with Crippen molar-refractivity contribution in [2.75, 3.05) is 19.7 Å². The maximum absolute atomic E-state index is 13.8. The fraction of sp³-hybridized carbons (Fsp3) is 0.655. The first-order chi connectivity index (χ1) is 17.8. The van der Waals surface area contributed by atoms with Crippen molar-refractivity contribution in [2.45, 2.75) is 77.0 Å². The molecule has 4 rings (SSSR count). The summed E-state index contributed by atoms with van der Waals surface area (Å²) in [6.07, 6.45) is 6.43. The number of nitrogens with one attached hydrogen (secondary N) is 1. The van der Waals surface area contributed by atoms with Crippen LogP contribution in [0.2, 0.25) is 0 Å². The summed E-state index contributed by atoms with van der Waals surface area (Å²) < 4.78 is 7.14. The predicted molar refractivity (Wildman–Crippen MR) is 151 cm³/mol. The maximum Gasteiger partial charge on any atom is 0.247 e. The zero-order chi connectivity index (χ0) is 26.5. The molecule has 3 N–H and O–H groups in total. The van der Waals surface area contributed by atoms with Gasteiger partial charge in [0.05, 0.1) is 16.2 Å². The van der Waals surface area contributed by atoms with Gasteiger partial charge in [-0.1, -0.05) is 32.4 Å². The van der Waals surface area contributed by atoms with Crippen molar-refractivity contribution in [3.8, 4) is 5.75 Å². The smallest absolute Gasteiger partial charge is 0.247 e. The van der Waals surface area contributed by atoms with E-state index in [-0.39, 0.29) is 31.4 Å². The van der Waals surface area contributed by atoms with Crippen molar-refractivity contribution < 1.29 is 24.5 Å². The van der Waals surface area contributed by atoms with Gasteiger partial charge >= 0.3 is 0 Å². The Bertz CT molecular complexity index is 983. The molecule has 3 aliphatic carbocycles. The van der Waals surface area contributed by atoms with Gasteiger partial charge in [0, 0.05) is 31.5 Å². The number of halogens is 1. The van der Waals surface area contributed by atoms with Crippen LogP contribution in [0.3, 0.4) is 0 Å². The van der Waals surface area contributed by atoms with Crippen LogP contribution in [0.15, 0.2) is 35.9 Å². The molecule has 2 amide bonds. The van der Waals surface area contributed by atoms with E-state index in [1.54, 1.807) is 6.08 Å². The number of aliphatic hydroxyl groups is 2. The van der Waals surface area contributed by atoms with Gasteiger partial charge in [0.25, 0.3) is 0 Å².